The molecular weight excluding hydrogens is 195 g/mol. The molecule has 0 saturated heterocycles. The van der Waals surface area contributed by atoms with Gasteiger partial charge in [-0.05, 0) is 32.4 Å². The van der Waals surface area contributed by atoms with Gasteiger partial charge in [-0.2, -0.15) is 0 Å². The van der Waals surface area contributed by atoms with E-state index in [9.17, 15) is 4.39 Å². The van der Waals surface area contributed by atoms with Crippen LogP contribution in [0.4, 0.5) is 4.39 Å². The molecule has 0 aliphatic heterocycles. The summed E-state index contributed by atoms with van der Waals surface area (Å²) in [5, 5.41) is 0. The largest absolute Gasteiger partial charge is 0.491 e. The molecule has 0 aromatic heterocycles. The second-order valence-electron chi connectivity index (χ2n) is 3.68. The molecule has 2 nitrogen and oxygen atoms in total. The first-order valence-corrected chi connectivity index (χ1v) is 5.10. The van der Waals surface area contributed by atoms with Gasteiger partial charge in [-0.15, -0.1) is 0 Å². The van der Waals surface area contributed by atoms with E-state index in [2.05, 4.69) is 0 Å². The Morgan fingerprint density at radius 1 is 1.27 bits per heavy atom. The number of rotatable bonds is 5. The summed E-state index contributed by atoms with van der Waals surface area (Å²) in [6.45, 7) is 6.79. The summed E-state index contributed by atoms with van der Waals surface area (Å²) < 4.78 is 23.6. The molecule has 0 fully saturated rings. The summed E-state index contributed by atoms with van der Waals surface area (Å²) in [6, 6.07) is 4.52. The Kier molecular flexibility index (Phi) is 4.56. The van der Waals surface area contributed by atoms with E-state index in [1.165, 1.54) is 12.1 Å². The molecule has 15 heavy (non-hydrogen) atoms. The van der Waals surface area contributed by atoms with E-state index in [4.69, 9.17) is 9.47 Å². The molecule has 84 valence electrons. The maximum absolute atomic E-state index is 12.9. The van der Waals surface area contributed by atoms with Gasteiger partial charge in [-0.1, -0.05) is 6.07 Å². The Labute approximate surface area is 90.0 Å². The van der Waals surface area contributed by atoms with Crippen molar-refractivity contribution in [3.63, 3.8) is 0 Å². The third-order valence-corrected chi connectivity index (χ3v) is 1.94. The van der Waals surface area contributed by atoms with E-state index in [1.807, 2.05) is 20.8 Å². The quantitative estimate of drug-likeness (QED) is 0.699. The van der Waals surface area contributed by atoms with Gasteiger partial charge in [0.1, 0.15) is 18.2 Å². The first-order chi connectivity index (χ1) is 7.09. The van der Waals surface area contributed by atoms with Crippen LogP contribution in [-0.4, -0.2) is 19.3 Å². The van der Waals surface area contributed by atoms with Crippen LogP contribution < -0.4 is 4.74 Å². The molecule has 0 radical (unpaired) electrons. The molecule has 0 bridgehead atoms. The number of ether oxygens (including phenoxy) is 2. The summed E-state index contributed by atoms with van der Waals surface area (Å²) in [7, 11) is 0. The van der Waals surface area contributed by atoms with Crippen LogP contribution in [0.3, 0.4) is 0 Å². The maximum atomic E-state index is 12.9. The Morgan fingerprint density at radius 3 is 2.67 bits per heavy atom. The Bertz CT molecular complexity index is 310. The summed E-state index contributed by atoms with van der Waals surface area (Å²) in [4.78, 5) is 0. The third-order valence-electron chi connectivity index (χ3n) is 1.94. The van der Waals surface area contributed by atoms with Crippen LogP contribution in [0, 0.1) is 12.7 Å². The standard InChI is InChI=1S/C12H17FO2/c1-9(2)14-6-7-15-12-8-11(13)5-4-10(12)3/h4-5,8-9H,6-7H2,1-3H3. The molecule has 0 heterocycles. The molecule has 0 spiro atoms. The van der Waals surface area contributed by atoms with Crippen molar-refractivity contribution in [2.75, 3.05) is 13.2 Å². The van der Waals surface area contributed by atoms with E-state index < -0.39 is 0 Å². The minimum absolute atomic E-state index is 0.196. The second kappa shape index (κ2) is 5.71. The van der Waals surface area contributed by atoms with Gasteiger partial charge >= 0.3 is 0 Å². The lowest BCUT2D eigenvalue weighted by molar-refractivity contribution is 0.0550. The van der Waals surface area contributed by atoms with Crippen LogP contribution in [0.2, 0.25) is 0 Å². The first-order valence-electron chi connectivity index (χ1n) is 5.10. The minimum Gasteiger partial charge on any atom is -0.491 e. The molecule has 0 amide bonds. The average molecular weight is 212 g/mol. The number of hydrogen-bond acceptors (Lipinski definition) is 2. The van der Waals surface area contributed by atoms with Gasteiger partial charge in [0.05, 0.1) is 12.7 Å². The van der Waals surface area contributed by atoms with Crippen molar-refractivity contribution in [1.29, 1.82) is 0 Å². The third kappa shape index (κ3) is 4.30. The average Bonchev–Trinajstić information content (AvgIpc) is 2.17. The van der Waals surface area contributed by atoms with Crippen LogP contribution in [-0.2, 0) is 4.74 Å². The minimum atomic E-state index is -0.277. The van der Waals surface area contributed by atoms with Crippen molar-refractivity contribution in [3.05, 3.63) is 29.6 Å². The zero-order chi connectivity index (χ0) is 11.3. The predicted molar refractivity (Wildman–Crippen MR) is 57.7 cm³/mol. The van der Waals surface area contributed by atoms with E-state index in [0.29, 0.717) is 19.0 Å². The van der Waals surface area contributed by atoms with Crippen molar-refractivity contribution in [3.8, 4) is 5.75 Å². The fourth-order valence-electron chi connectivity index (χ4n) is 1.16. The highest BCUT2D eigenvalue weighted by Crippen LogP contribution is 2.18. The lowest BCUT2D eigenvalue weighted by Gasteiger charge is -2.10. The highest BCUT2D eigenvalue weighted by atomic mass is 19.1. The van der Waals surface area contributed by atoms with E-state index in [0.717, 1.165) is 5.56 Å². The Morgan fingerprint density at radius 2 is 2.00 bits per heavy atom. The molecule has 1 rings (SSSR count). The molecule has 0 saturated carbocycles. The van der Waals surface area contributed by atoms with E-state index >= 15 is 0 Å². The topological polar surface area (TPSA) is 18.5 Å². The molecule has 0 aliphatic rings. The zero-order valence-corrected chi connectivity index (χ0v) is 9.42. The Hall–Kier alpha value is -1.09. The van der Waals surface area contributed by atoms with E-state index in [1.54, 1.807) is 6.07 Å². The molecule has 0 atom stereocenters. The predicted octanol–water partition coefficient (Wildman–Crippen LogP) is 2.94. The van der Waals surface area contributed by atoms with Crippen molar-refractivity contribution in [2.45, 2.75) is 26.9 Å². The summed E-state index contributed by atoms with van der Waals surface area (Å²) in [6.07, 6.45) is 0.196. The van der Waals surface area contributed by atoms with Crippen LogP contribution in [0.15, 0.2) is 18.2 Å². The van der Waals surface area contributed by atoms with Gasteiger partial charge in [-0.3, -0.25) is 0 Å². The van der Waals surface area contributed by atoms with Gasteiger partial charge in [0.2, 0.25) is 0 Å². The fourth-order valence-corrected chi connectivity index (χ4v) is 1.16. The summed E-state index contributed by atoms with van der Waals surface area (Å²) in [5.74, 6) is 0.308. The van der Waals surface area contributed by atoms with Crippen LogP contribution in [0.5, 0.6) is 5.75 Å². The van der Waals surface area contributed by atoms with E-state index in [-0.39, 0.29) is 11.9 Å². The second-order valence-corrected chi connectivity index (χ2v) is 3.68. The number of aryl methyl sites for hydroxylation is 1. The number of halogens is 1. The van der Waals surface area contributed by atoms with Gasteiger partial charge < -0.3 is 9.47 Å². The van der Waals surface area contributed by atoms with Crippen LogP contribution in [0.1, 0.15) is 19.4 Å². The molecule has 0 unspecified atom stereocenters. The van der Waals surface area contributed by atoms with Gasteiger partial charge in [0.15, 0.2) is 0 Å². The van der Waals surface area contributed by atoms with Crippen LogP contribution in [0.25, 0.3) is 0 Å². The Balaban J connectivity index is 2.40. The van der Waals surface area contributed by atoms with Crippen LogP contribution >= 0.6 is 0 Å². The number of benzene rings is 1. The van der Waals surface area contributed by atoms with Crippen molar-refractivity contribution in [2.24, 2.45) is 0 Å². The summed E-state index contributed by atoms with van der Waals surface area (Å²) >= 11 is 0. The molecule has 0 N–H and O–H groups in total. The van der Waals surface area contributed by atoms with Crippen molar-refractivity contribution < 1.29 is 13.9 Å². The lowest BCUT2D eigenvalue weighted by atomic mass is 10.2. The SMILES string of the molecule is Cc1ccc(F)cc1OCCOC(C)C. The summed E-state index contributed by atoms with van der Waals surface area (Å²) in [5.41, 5.74) is 0.931. The van der Waals surface area contributed by atoms with Gasteiger partial charge in [0.25, 0.3) is 0 Å². The number of hydrogen-bond donors (Lipinski definition) is 0. The first kappa shape index (κ1) is 12.0. The molecule has 1 aromatic carbocycles. The smallest absolute Gasteiger partial charge is 0.126 e. The molecule has 0 aliphatic carbocycles. The highest BCUT2D eigenvalue weighted by molar-refractivity contribution is 5.32. The molecule has 1 aromatic rings. The van der Waals surface area contributed by atoms with Gasteiger partial charge in [-0.25, -0.2) is 4.39 Å². The van der Waals surface area contributed by atoms with Gasteiger partial charge in [0, 0.05) is 6.07 Å². The maximum Gasteiger partial charge on any atom is 0.126 e. The fraction of sp³-hybridized carbons (Fsp3) is 0.500. The monoisotopic (exact) mass is 212 g/mol. The highest BCUT2D eigenvalue weighted by Gasteiger charge is 2.01. The van der Waals surface area contributed by atoms with Crippen molar-refractivity contribution in [1.82, 2.24) is 0 Å². The zero-order valence-electron chi connectivity index (χ0n) is 9.42. The lowest BCUT2D eigenvalue weighted by Crippen LogP contribution is -2.11. The normalized spacial score (nSPS) is 10.7. The van der Waals surface area contributed by atoms with Crippen molar-refractivity contribution >= 4 is 0 Å². The molecule has 3 heteroatoms. The molecular formula is C12H17FO2.